The van der Waals surface area contributed by atoms with Gasteiger partial charge in [-0.15, -0.1) is 0 Å². The van der Waals surface area contributed by atoms with Crippen LogP contribution < -0.4 is 14.2 Å². The summed E-state index contributed by atoms with van der Waals surface area (Å²) in [6.07, 6.45) is 36.3. The molecule has 2 aromatic rings. The zero-order valence-electron chi connectivity index (χ0n) is 56.5. The Morgan fingerprint density at radius 2 is 0.620 bits per heavy atom. The molecule has 0 aliphatic heterocycles. The Morgan fingerprint density at radius 1 is 0.315 bits per heavy atom. The molecule has 0 atom stereocenters. The van der Waals surface area contributed by atoms with Gasteiger partial charge in [-0.05, 0) is 220 Å². The van der Waals surface area contributed by atoms with E-state index < -0.39 is 5.97 Å². The minimum absolute atomic E-state index is 0.0605. The fraction of sp³-hybridized carbons (Fsp3) is 0.733. The van der Waals surface area contributed by atoms with Crippen LogP contribution in [0.5, 0.6) is 17.2 Å². The van der Waals surface area contributed by atoms with Crippen LogP contribution in [0.1, 0.15) is 294 Å². The van der Waals surface area contributed by atoms with Crippen molar-refractivity contribution in [3.05, 3.63) is 54.1 Å². The van der Waals surface area contributed by atoms with Crippen molar-refractivity contribution in [3.8, 4) is 17.2 Å². The fourth-order valence-electron chi connectivity index (χ4n) is 12.0. The van der Waals surface area contributed by atoms with Gasteiger partial charge in [-0.2, -0.15) is 0 Å². The standard InChI is InChI=1S/C75H116O17/c1-3-5-16-30-60-37-39-61(40-38-60)62-41-43-63(44-42-62)74(82)91-66-49-51-67(52-50-66)92-75(83)64-45-47-65(48-46-64)84-53-23-9-7-8-10-24-54-85-69(77)32-18-12-26-56-87-71(79)34-20-14-28-58-89-73(81)36-22-15-29-59-90-72(80)35-21-13-27-57-88-70(78)33-19-11-25-55-86-68(76)31-17-6-4-2/h45-52,60-63H,3-44,53-59H2,1-2H3. The quantitative estimate of drug-likeness (QED) is 0.0260. The maximum absolute atomic E-state index is 13.1. The third-order valence-electron chi connectivity index (χ3n) is 17.7. The average molecular weight is 1290 g/mol. The van der Waals surface area contributed by atoms with Gasteiger partial charge in [0.15, 0.2) is 0 Å². The van der Waals surface area contributed by atoms with E-state index in [0.717, 1.165) is 140 Å². The summed E-state index contributed by atoms with van der Waals surface area (Å²) in [5, 5.41) is 0. The molecule has 0 spiro atoms. The minimum Gasteiger partial charge on any atom is -0.494 e. The number of esters is 8. The Morgan fingerprint density at radius 3 is 1.00 bits per heavy atom. The first-order chi connectivity index (χ1) is 44.9. The van der Waals surface area contributed by atoms with Gasteiger partial charge in [0.25, 0.3) is 0 Å². The van der Waals surface area contributed by atoms with Gasteiger partial charge in [0.05, 0.1) is 57.7 Å². The van der Waals surface area contributed by atoms with Crippen molar-refractivity contribution in [2.75, 3.05) is 46.2 Å². The molecule has 0 saturated heterocycles. The summed E-state index contributed by atoms with van der Waals surface area (Å²) < 4.78 is 49.1. The molecule has 17 heteroatoms. The van der Waals surface area contributed by atoms with Gasteiger partial charge in [0, 0.05) is 38.5 Å². The van der Waals surface area contributed by atoms with E-state index in [0.29, 0.717) is 165 Å². The number of benzene rings is 2. The monoisotopic (exact) mass is 1290 g/mol. The molecule has 0 amide bonds. The van der Waals surface area contributed by atoms with Crippen molar-refractivity contribution in [1.29, 1.82) is 0 Å². The van der Waals surface area contributed by atoms with Crippen molar-refractivity contribution in [2.24, 2.45) is 23.7 Å². The number of hydrogen-bond acceptors (Lipinski definition) is 17. The molecule has 2 fully saturated rings. The highest BCUT2D eigenvalue weighted by molar-refractivity contribution is 5.91. The van der Waals surface area contributed by atoms with E-state index in [4.69, 9.17) is 42.6 Å². The summed E-state index contributed by atoms with van der Waals surface area (Å²) in [4.78, 5) is 98.0. The molecule has 0 N–H and O–H groups in total. The zero-order valence-corrected chi connectivity index (χ0v) is 56.5. The van der Waals surface area contributed by atoms with Crippen LogP contribution in [-0.2, 0) is 62.0 Å². The van der Waals surface area contributed by atoms with Crippen molar-refractivity contribution >= 4 is 47.8 Å². The van der Waals surface area contributed by atoms with Gasteiger partial charge in [0.1, 0.15) is 17.2 Å². The van der Waals surface area contributed by atoms with Crippen LogP contribution in [0.4, 0.5) is 0 Å². The molecule has 2 aliphatic carbocycles. The Balaban J connectivity index is 0.838. The molecule has 17 nitrogen and oxygen atoms in total. The number of unbranched alkanes of at least 4 members (excludes halogenated alkanes) is 19. The van der Waals surface area contributed by atoms with Crippen LogP contribution in [0.25, 0.3) is 0 Å². The SMILES string of the molecule is CCCCCC(=O)OCCCCCC(=O)OCCCCCC(=O)OCCCCCC(=O)OCCCCCC(=O)OCCCCCC(=O)OCCCCCCCCOc1ccc(C(=O)Oc2ccc(OC(=O)C3CCC(C4CCC(CCCCC)CC4)CC3)cc2)cc1. The van der Waals surface area contributed by atoms with Crippen LogP contribution in [0.3, 0.4) is 0 Å². The molecule has 0 radical (unpaired) electrons. The van der Waals surface area contributed by atoms with E-state index in [-0.39, 0.29) is 47.7 Å². The van der Waals surface area contributed by atoms with E-state index in [1.165, 1.54) is 51.4 Å². The van der Waals surface area contributed by atoms with Gasteiger partial charge in [-0.3, -0.25) is 33.6 Å². The highest BCUT2D eigenvalue weighted by Crippen LogP contribution is 2.43. The molecule has 4 rings (SSSR count). The van der Waals surface area contributed by atoms with Crippen molar-refractivity contribution in [3.63, 3.8) is 0 Å². The largest absolute Gasteiger partial charge is 0.494 e. The molecule has 2 aliphatic rings. The van der Waals surface area contributed by atoms with Gasteiger partial charge in [0.2, 0.25) is 0 Å². The second kappa shape index (κ2) is 51.4. The van der Waals surface area contributed by atoms with Gasteiger partial charge in [-0.25, -0.2) is 4.79 Å². The Bertz CT molecular complexity index is 2320. The van der Waals surface area contributed by atoms with E-state index in [1.54, 1.807) is 48.5 Å². The smallest absolute Gasteiger partial charge is 0.343 e. The van der Waals surface area contributed by atoms with E-state index >= 15 is 0 Å². The highest BCUT2D eigenvalue weighted by Gasteiger charge is 2.34. The molecular weight excluding hydrogens is 1170 g/mol. The summed E-state index contributed by atoms with van der Waals surface area (Å²) >= 11 is 0. The summed E-state index contributed by atoms with van der Waals surface area (Å²) in [6.45, 7) is 7.00. The first kappa shape index (κ1) is 78.4. The first-order valence-corrected chi connectivity index (χ1v) is 36.1. The maximum Gasteiger partial charge on any atom is 0.343 e. The predicted molar refractivity (Wildman–Crippen MR) is 354 cm³/mol. The van der Waals surface area contributed by atoms with E-state index in [1.807, 2.05) is 0 Å². The van der Waals surface area contributed by atoms with Crippen LogP contribution in [0.2, 0.25) is 0 Å². The Hall–Kier alpha value is -6.00. The van der Waals surface area contributed by atoms with Crippen molar-refractivity contribution in [2.45, 2.75) is 284 Å². The van der Waals surface area contributed by atoms with E-state index in [2.05, 4.69) is 13.8 Å². The van der Waals surface area contributed by atoms with Crippen molar-refractivity contribution in [1.82, 2.24) is 0 Å². The topological polar surface area (TPSA) is 220 Å². The molecule has 2 saturated carbocycles. The van der Waals surface area contributed by atoms with Crippen LogP contribution in [-0.4, -0.2) is 94.0 Å². The van der Waals surface area contributed by atoms with Crippen LogP contribution >= 0.6 is 0 Å². The molecule has 0 heterocycles. The molecule has 0 aromatic heterocycles. The number of rotatable bonds is 53. The summed E-state index contributed by atoms with van der Waals surface area (Å²) in [7, 11) is 0. The molecule has 92 heavy (non-hydrogen) atoms. The van der Waals surface area contributed by atoms with Gasteiger partial charge in [-0.1, -0.05) is 90.9 Å². The summed E-state index contributed by atoms with van der Waals surface area (Å²) in [5.74, 6) is 1.94. The number of carbonyl (C=O) groups is 8. The molecule has 0 unspecified atom stereocenters. The number of ether oxygens (including phenoxy) is 9. The lowest BCUT2D eigenvalue weighted by Gasteiger charge is -2.37. The Labute approximate surface area is 551 Å². The van der Waals surface area contributed by atoms with Crippen LogP contribution in [0, 0.1) is 23.7 Å². The molecule has 2 aromatic carbocycles. The van der Waals surface area contributed by atoms with Gasteiger partial charge >= 0.3 is 47.8 Å². The van der Waals surface area contributed by atoms with E-state index in [9.17, 15) is 38.4 Å². The number of carbonyl (C=O) groups excluding carboxylic acids is 8. The third-order valence-corrected chi connectivity index (χ3v) is 17.7. The maximum atomic E-state index is 13.1. The predicted octanol–water partition coefficient (Wildman–Crippen LogP) is 17.4. The third kappa shape index (κ3) is 38.9. The molecular formula is C75H116O17. The fourth-order valence-corrected chi connectivity index (χ4v) is 12.0. The minimum atomic E-state index is -0.482. The molecule has 518 valence electrons. The van der Waals surface area contributed by atoms with Gasteiger partial charge < -0.3 is 42.6 Å². The molecule has 0 bridgehead atoms. The van der Waals surface area contributed by atoms with Crippen LogP contribution in [0.15, 0.2) is 48.5 Å². The normalized spacial score (nSPS) is 16.2. The summed E-state index contributed by atoms with van der Waals surface area (Å²) in [6, 6.07) is 13.6. The second-order valence-electron chi connectivity index (χ2n) is 25.5. The second-order valence-corrected chi connectivity index (χ2v) is 25.5. The lowest BCUT2D eigenvalue weighted by molar-refractivity contribution is -0.146. The van der Waals surface area contributed by atoms with Crippen molar-refractivity contribution < 1.29 is 81.0 Å². The average Bonchev–Trinajstić information content (AvgIpc) is 1.46. The lowest BCUT2D eigenvalue weighted by Crippen LogP contribution is -2.30. The first-order valence-electron chi connectivity index (χ1n) is 36.1. The Kier molecular flexibility index (Phi) is 43.8. The lowest BCUT2D eigenvalue weighted by atomic mass is 9.68. The summed E-state index contributed by atoms with van der Waals surface area (Å²) in [5.41, 5.74) is 0.405. The number of hydrogen-bond donors (Lipinski definition) is 0. The highest BCUT2D eigenvalue weighted by atomic mass is 16.6. The zero-order chi connectivity index (χ0) is 65.9.